The van der Waals surface area contributed by atoms with Gasteiger partial charge in [0.15, 0.2) is 0 Å². The van der Waals surface area contributed by atoms with Crippen LogP contribution in [0.3, 0.4) is 0 Å². The zero-order chi connectivity index (χ0) is 20.3. The highest BCUT2D eigenvalue weighted by atomic mass is 32.2. The van der Waals surface area contributed by atoms with Crippen molar-refractivity contribution in [2.45, 2.75) is 18.6 Å². The molecule has 1 atom stereocenters. The molecule has 0 saturated carbocycles. The molecule has 2 aromatic carbocycles. The molecule has 2 heterocycles. The minimum Gasteiger partial charge on any atom is -0.489 e. The molecular weight excluding hydrogens is 390 g/mol. The molecule has 29 heavy (non-hydrogen) atoms. The fourth-order valence-electron chi connectivity index (χ4n) is 3.37. The first-order valence-electron chi connectivity index (χ1n) is 9.34. The maximum atomic E-state index is 12.6. The van der Waals surface area contributed by atoms with Crippen LogP contribution in [0.5, 0.6) is 5.75 Å². The average Bonchev–Trinajstić information content (AvgIpc) is 3.29. The van der Waals surface area contributed by atoms with Gasteiger partial charge < -0.3 is 15.4 Å². The average molecular weight is 411 g/mol. The fraction of sp³-hybridized carbons (Fsp3) is 0.286. The monoisotopic (exact) mass is 411 g/mol. The van der Waals surface area contributed by atoms with E-state index < -0.39 is 17.5 Å². The third-order valence-corrected chi connectivity index (χ3v) is 6.15. The van der Waals surface area contributed by atoms with Gasteiger partial charge in [0.1, 0.15) is 24.4 Å². The number of rotatable bonds is 6. The van der Waals surface area contributed by atoms with Crippen molar-refractivity contribution in [3.05, 3.63) is 60.2 Å². The van der Waals surface area contributed by atoms with Gasteiger partial charge in [-0.1, -0.05) is 30.3 Å². The van der Waals surface area contributed by atoms with Gasteiger partial charge in [-0.15, -0.1) is 0 Å². The Balaban J connectivity index is 1.30. The zero-order valence-corrected chi connectivity index (χ0v) is 16.5. The topological polar surface area (TPSA) is 87.7 Å². The second-order valence-electron chi connectivity index (χ2n) is 7.05. The number of urea groups is 1. The van der Waals surface area contributed by atoms with Crippen molar-refractivity contribution >= 4 is 35.3 Å². The van der Waals surface area contributed by atoms with Crippen LogP contribution in [0.15, 0.2) is 54.6 Å². The molecule has 8 heteroatoms. The number of benzene rings is 2. The molecule has 2 saturated heterocycles. The number of amides is 4. The van der Waals surface area contributed by atoms with E-state index in [9.17, 15) is 14.4 Å². The summed E-state index contributed by atoms with van der Waals surface area (Å²) in [6.45, 7) is 0.155. The first kappa shape index (κ1) is 19.3. The first-order chi connectivity index (χ1) is 14.1. The summed E-state index contributed by atoms with van der Waals surface area (Å²) in [7, 11) is 0. The minimum absolute atomic E-state index is 0.302. The van der Waals surface area contributed by atoms with Gasteiger partial charge >= 0.3 is 6.03 Å². The molecule has 0 aliphatic carbocycles. The van der Waals surface area contributed by atoms with E-state index in [1.54, 1.807) is 36.0 Å². The van der Waals surface area contributed by atoms with Crippen molar-refractivity contribution in [2.24, 2.45) is 0 Å². The molecule has 1 spiro atoms. The van der Waals surface area contributed by atoms with Gasteiger partial charge in [0, 0.05) is 11.4 Å². The number of thioether (sulfide) groups is 1. The molecule has 2 aliphatic rings. The standard InChI is InChI=1S/C21H21N3O4S/c25-18(12-24-19(26)21(23-20(24)27)10-11-29-14-21)22-16-6-8-17(9-7-16)28-13-15-4-2-1-3-5-15/h1-9H,10-14H2,(H,22,25)(H,23,27)/t21-/m0/s1. The normalized spacial score (nSPS) is 20.8. The van der Waals surface area contributed by atoms with E-state index in [-0.39, 0.29) is 12.5 Å². The van der Waals surface area contributed by atoms with Crippen LogP contribution in [0.25, 0.3) is 0 Å². The summed E-state index contributed by atoms with van der Waals surface area (Å²) >= 11 is 1.63. The van der Waals surface area contributed by atoms with Crippen molar-refractivity contribution in [2.75, 3.05) is 23.4 Å². The zero-order valence-electron chi connectivity index (χ0n) is 15.7. The number of carbonyl (C=O) groups is 3. The van der Waals surface area contributed by atoms with E-state index in [1.807, 2.05) is 30.3 Å². The van der Waals surface area contributed by atoms with Gasteiger partial charge in [-0.05, 0) is 42.0 Å². The van der Waals surface area contributed by atoms with Crippen molar-refractivity contribution in [1.82, 2.24) is 10.2 Å². The highest BCUT2D eigenvalue weighted by molar-refractivity contribution is 7.99. The Hall–Kier alpha value is -3.00. The van der Waals surface area contributed by atoms with Crippen LogP contribution in [0.4, 0.5) is 10.5 Å². The van der Waals surface area contributed by atoms with Gasteiger partial charge in [-0.2, -0.15) is 11.8 Å². The summed E-state index contributed by atoms with van der Waals surface area (Å²) in [4.78, 5) is 38.1. The number of hydrogen-bond acceptors (Lipinski definition) is 5. The molecule has 7 nitrogen and oxygen atoms in total. The van der Waals surface area contributed by atoms with Gasteiger partial charge in [0.2, 0.25) is 5.91 Å². The molecule has 2 aromatic rings. The number of imide groups is 1. The van der Waals surface area contributed by atoms with Crippen molar-refractivity contribution in [1.29, 1.82) is 0 Å². The largest absolute Gasteiger partial charge is 0.489 e. The van der Waals surface area contributed by atoms with E-state index in [1.165, 1.54) is 0 Å². The molecule has 4 rings (SSSR count). The molecule has 0 radical (unpaired) electrons. The lowest BCUT2D eigenvalue weighted by atomic mass is 9.99. The SMILES string of the molecule is O=C(CN1C(=O)N[C@]2(CCSC2)C1=O)Nc1ccc(OCc2ccccc2)cc1. The van der Waals surface area contributed by atoms with E-state index in [0.717, 1.165) is 16.2 Å². The first-order valence-corrected chi connectivity index (χ1v) is 10.5. The lowest BCUT2D eigenvalue weighted by Gasteiger charge is -2.19. The van der Waals surface area contributed by atoms with Crippen molar-refractivity contribution < 1.29 is 19.1 Å². The summed E-state index contributed by atoms with van der Waals surface area (Å²) in [6, 6.07) is 16.3. The quantitative estimate of drug-likeness (QED) is 0.714. The minimum atomic E-state index is -0.834. The summed E-state index contributed by atoms with van der Waals surface area (Å²) in [6.07, 6.45) is 0.602. The Morgan fingerprint density at radius 3 is 2.59 bits per heavy atom. The number of carbonyl (C=O) groups excluding carboxylic acids is 3. The predicted octanol–water partition coefficient (Wildman–Crippen LogP) is 2.63. The van der Waals surface area contributed by atoms with Crippen LogP contribution in [0.1, 0.15) is 12.0 Å². The Bertz CT molecular complexity index is 911. The Kier molecular flexibility index (Phi) is 5.44. The fourth-order valence-corrected chi connectivity index (χ4v) is 4.70. The lowest BCUT2D eigenvalue weighted by Crippen LogP contribution is -2.47. The molecule has 2 aliphatic heterocycles. The van der Waals surface area contributed by atoms with Crippen LogP contribution < -0.4 is 15.4 Å². The molecular formula is C21H21N3O4S. The molecule has 0 aromatic heterocycles. The summed E-state index contributed by atoms with van der Waals surface area (Å²) < 4.78 is 5.72. The number of anilines is 1. The number of hydrogen-bond donors (Lipinski definition) is 2. The Morgan fingerprint density at radius 2 is 1.90 bits per heavy atom. The van der Waals surface area contributed by atoms with Crippen LogP contribution >= 0.6 is 11.8 Å². The van der Waals surface area contributed by atoms with Crippen LogP contribution in [0, 0.1) is 0 Å². The molecule has 0 unspecified atom stereocenters. The number of nitrogens with one attached hydrogen (secondary N) is 2. The van der Waals surface area contributed by atoms with Crippen LogP contribution in [-0.4, -0.2) is 46.3 Å². The smallest absolute Gasteiger partial charge is 0.325 e. The van der Waals surface area contributed by atoms with Crippen LogP contribution in [0.2, 0.25) is 0 Å². The lowest BCUT2D eigenvalue weighted by molar-refractivity contribution is -0.133. The number of nitrogens with zero attached hydrogens (tertiary/aromatic N) is 1. The highest BCUT2D eigenvalue weighted by Gasteiger charge is 2.53. The van der Waals surface area contributed by atoms with E-state index in [0.29, 0.717) is 30.2 Å². The van der Waals surface area contributed by atoms with Gasteiger partial charge in [0.05, 0.1) is 0 Å². The maximum Gasteiger partial charge on any atom is 0.325 e. The van der Waals surface area contributed by atoms with E-state index in [2.05, 4.69) is 10.6 Å². The molecule has 0 bridgehead atoms. The summed E-state index contributed by atoms with van der Waals surface area (Å²) in [5.41, 5.74) is 0.803. The van der Waals surface area contributed by atoms with Crippen LogP contribution in [-0.2, 0) is 16.2 Å². The Morgan fingerprint density at radius 1 is 1.14 bits per heavy atom. The second kappa shape index (κ2) is 8.16. The highest BCUT2D eigenvalue weighted by Crippen LogP contribution is 2.33. The second-order valence-corrected chi connectivity index (χ2v) is 8.16. The summed E-state index contributed by atoms with van der Waals surface area (Å²) in [5.74, 6) is 1.33. The molecule has 2 N–H and O–H groups in total. The molecule has 2 fully saturated rings. The predicted molar refractivity (Wildman–Crippen MR) is 111 cm³/mol. The molecule has 4 amide bonds. The van der Waals surface area contributed by atoms with Gasteiger partial charge in [-0.25, -0.2) is 4.79 Å². The third-order valence-electron chi connectivity index (χ3n) is 4.96. The number of ether oxygens (including phenoxy) is 1. The van der Waals surface area contributed by atoms with Crippen molar-refractivity contribution in [3.8, 4) is 5.75 Å². The van der Waals surface area contributed by atoms with Gasteiger partial charge in [0.25, 0.3) is 5.91 Å². The van der Waals surface area contributed by atoms with E-state index in [4.69, 9.17) is 4.74 Å². The third kappa shape index (κ3) is 4.22. The summed E-state index contributed by atoms with van der Waals surface area (Å²) in [5, 5.41) is 5.47. The van der Waals surface area contributed by atoms with Gasteiger partial charge in [-0.3, -0.25) is 14.5 Å². The Labute approximate surface area is 172 Å². The van der Waals surface area contributed by atoms with Crippen molar-refractivity contribution in [3.63, 3.8) is 0 Å². The molecule has 150 valence electrons. The van der Waals surface area contributed by atoms with E-state index >= 15 is 0 Å². The maximum absolute atomic E-state index is 12.6.